The van der Waals surface area contributed by atoms with Gasteiger partial charge in [0.1, 0.15) is 17.4 Å². The monoisotopic (exact) mass is 427 g/mol. The van der Waals surface area contributed by atoms with Gasteiger partial charge >= 0.3 is 0 Å². The Balaban J connectivity index is 1.67. The number of nitriles is 1. The van der Waals surface area contributed by atoms with Crippen LogP contribution in [0.3, 0.4) is 0 Å². The summed E-state index contributed by atoms with van der Waals surface area (Å²) in [6, 6.07) is 23.5. The number of rotatable bonds is 5. The predicted molar refractivity (Wildman–Crippen MR) is 123 cm³/mol. The molecular weight excluding hydrogens is 410 g/mol. The number of carbonyl (C=O) groups excluding carboxylic acids is 1. The van der Waals surface area contributed by atoms with Crippen LogP contribution in [0, 0.1) is 11.3 Å². The minimum atomic E-state index is -0.514. The third-order valence-corrected chi connectivity index (χ3v) is 5.09. The van der Waals surface area contributed by atoms with E-state index >= 15 is 0 Å². The van der Waals surface area contributed by atoms with Gasteiger partial charge in [0.05, 0.1) is 0 Å². The molecule has 0 aliphatic heterocycles. The zero-order valence-electron chi connectivity index (χ0n) is 16.4. The number of anilines is 1. The van der Waals surface area contributed by atoms with Crippen LogP contribution in [0.1, 0.15) is 11.1 Å². The molecule has 0 aliphatic rings. The second kappa shape index (κ2) is 8.78. The van der Waals surface area contributed by atoms with Crippen molar-refractivity contribution in [2.24, 2.45) is 0 Å². The Morgan fingerprint density at radius 2 is 1.87 bits per heavy atom. The summed E-state index contributed by atoms with van der Waals surface area (Å²) in [5.41, 5.74) is 3.29. The number of hydrogen-bond acceptors (Lipinski definition) is 3. The van der Waals surface area contributed by atoms with Crippen LogP contribution in [0.5, 0.6) is 5.75 Å². The molecule has 1 aromatic heterocycles. The van der Waals surface area contributed by atoms with Gasteiger partial charge in [0.2, 0.25) is 0 Å². The molecular formula is C25H18ClN3O2. The summed E-state index contributed by atoms with van der Waals surface area (Å²) in [7, 11) is 0. The first-order chi connectivity index (χ1) is 15.0. The first-order valence-corrected chi connectivity index (χ1v) is 9.96. The van der Waals surface area contributed by atoms with Gasteiger partial charge in [0.15, 0.2) is 0 Å². The Labute approximate surface area is 184 Å². The molecule has 0 spiro atoms. The molecule has 4 aromatic rings. The zero-order valence-corrected chi connectivity index (χ0v) is 17.2. The number of hydrogen-bond donors (Lipinski definition) is 2. The summed E-state index contributed by atoms with van der Waals surface area (Å²) < 4.78 is 2.07. The van der Waals surface area contributed by atoms with E-state index in [4.69, 9.17) is 11.6 Å². The molecule has 152 valence electrons. The van der Waals surface area contributed by atoms with Crippen molar-refractivity contribution in [1.82, 2.24) is 4.57 Å². The van der Waals surface area contributed by atoms with Gasteiger partial charge in [-0.1, -0.05) is 41.9 Å². The van der Waals surface area contributed by atoms with Gasteiger partial charge in [-0.15, -0.1) is 0 Å². The van der Waals surface area contributed by atoms with E-state index in [1.54, 1.807) is 18.2 Å². The number of fused-ring (bicyclic) bond motifs is 1. The predicted octanol–water partition coefficient (Wildman–Crippen LogP) is 5.59. The fourth-order valence-corrected chi connectivity index (χ4v) is 3.61. The molecule has 1 amide bonds. The van der Waals surface area contributed by atoms with Crippen LogP contribution >= 0.6 is 11.6 Å². The maximum absolute atomic E-state index is 12.6. The summed E-state index contributed by atoms with van der Waals surface area (Å²) >= 11 is 6.12. The molecule has 0 unspecified atom stereocenters. The number of benzene rings is 3. The van der Waals surface area contributed by atoms with E-state index < -0.39 is 5.91 Å². The standard InChI is InChI=1S/C25H18ClN3O2/c26-20-5-3-4-17(12-20)15-29-16-19(23-6-1-2-7-24(23)29)13-18(14-27)25(31)28-21-8-10-22(30)11-9-21/h1-13,16,30H,15H2,(H,28,31). The lowest BCUT2D eigenvalue weighted by Gasteiger charge is -2.06. The third kappa shape index (κ3) is 4.61. The second-order valence-electron chi connectivity index (χ2n) is 7.03. The van der Waals surface area contributed by atoms with Crippen LogP contribution < -0.4 is 5.32 Å². The van der Waals surface area contributed by atoms with E-state index in [1.807, 2.05) is 60.8 Å². The molecule has 0 saturated heterocycles. The summed E-state index contributed by atoms with van der Waals surface area (Å²) in [6.07, 6.45) is 3.52. The molecule has 0 atom stereocenters. The highest BCUT2D eigenvalue weighted by Gasteiger charge is 2.13. The number of phenols is 1. The van der Waals surface area contributed by atoms with Crippen molar-refractivity contribution in [3.63, 3.8) is 0 Å². The molecule has 0 fully saturated rings. The normalized spacial score (nSPS) is 11.3. The van der Waals surface area contributed by atoms with Crippen LogP contribution in [0.4, 0.5) is 5.69 Å². The average Bonchev–Trinajstić information content (AvgIpc) is 3.11. The maximum Gasteiger partial charge on any atom is 0.266 e. The van der Waals surface area contributed by atoms with Crippen LogP contribution in [-0.4, -0.2) is 15.6 Å². The SMILES string of the molecule is N#CC(=Cc1cn(Cc2cccc(Cl)c2)c2ccccc12)C(=O)Nc1ccc(O)cc1. The van der Waals surface area contributed by atoms with Crippen molar-refractivity contribution in [2.75, 3.05) is 5.32 Å². The third-order valence-electron chi connectivity index (χ3n) is 4.85. The van der Waals surface area contributed by atoms with Crippen LogP contribution in [0.15, 0.2) is 84.6 Å². The Bertz CT molecular complexity index is 1330. The number of amides is 1. The smallest absolute Gasteiger partial charge is 0.266 e. The molecule has 0 aliphatic carbocycles. The van der Waals surface area contributed by atoms with Gasteiger partial charge in [-0.25, -0.2) is 0 Å². The van der Waals surface area contributed by atoms with Crippen molar-refractivity contribution >= 4 is 40.2 Å². The quantitative estimate of drug-likeness (QED) is 0.247. The Morgan fingerprint density at radius 3 is 2.61 bits per heavy atom. The Hall–Kier alpha value is -4.01. The highest BCUT2D eigenvalue weighted by Crippen LogP contribution is 2.25. The first-order valence-electron chi connectivity index (χ1n) is 9.58. The second-order valence-corrected chi connectivity index (χ2v) is 7.47. The van der Waals surface area contributed by atoms with E-state index in [9.17, 15) is 15.2 Å². The van der Waals surface area contributed by atoms with Crippen molar-refractivity contribution < 1.29 is 9.90 Å². The molecule has 0 radical (unpaired) electrons. The highest BCUT2D eigenvalue weighted by molar-refractivity contribution is 6.30. The van der Waals surface area contributed by atoms with E-state index in [1.165, 1.54) is 12.1 Å². The number of phenolic OH excluding ortho intramolecular Hbond substituents is 1. The fraction of sp³-hybridized carbons (Fsp3) is 0.0400. The van der Waals surface area contributed by atoms with Crippen molar-refractivity contribution in [1.29, 1.82) is 5.26 Å². The number of para-hydroxylation sites is 1. The molecule has 1 heterocycles. The minimum absolute atomic E-state index is 0.0151. The number of aromatic nitrogens is 1. The zero-order chi connectivity index (χ0) is 21.8. The lowest BCUT2D eigenvalue weighted by atomic mass is 10.1. The molecule has 5 nitrogen and oxygen atoms in total. The van der Waals surface area contributed by atoms with Gasteiger partial charge < -0.3 is 15.0 Å². The molecule has 3 aromatic carbocycles. The van der Waals surface area contributed by atoms with E-state index in [0.29, 0.717) is 17.3 Å². The van der Waals surface area contributed by atoms with E-state index in [0.717, 1.165) is 22.0 Å². The van der Waals surface area contributed by atoms with Gasteiger partial charge in [0.25, 0.3) is 5.91 Å². The lowest BCUT2D eigenvalue weighted by Crippen LogP contribution is -2.13. The summed E-state index contributed by atoms with van der Waals surface area (Å²) in [6.45, 7) is 0.608. The number of aromatic hydroxyl groups is 1. The first kappa shape index (κ1) is 20.3. The van der Waals surface area contributed by atoms with Crippen molar-refractivity contribution in [2.45, 2.75) is 6.54 Å². The highest BCUT2D eigenvalue weighted by atomic mass is 35.5. The molecule has 6 heteroatoms. The van der Waals surface area contributed by atoms with E-state index in [-0.39, 0.29) is 11.3 Å². The van der Waals surface area contributed by atoms with Gasteiger partial charge in [-0.3, -0.25) is 4.79 Å². The van der Waals surface area contributed by atoms with Gasteiger partial charge in [0, 0.05) is 39.9 Å². The molecule has 2 N–H and O–H groups in total. The molecule has 0 bridgehead atoms. The van der Waals surface area contributed by atoms with Crippen LogP contribution in [0.2, 0.25) is 5.02 Å². The maximum atomic E-state index is 12.6. The summed E-state index contributed by atoms with van der Waals surface area (Å²) in [4.78, 5) is 12.6. The molecule has 4 rings (SSSR count). The van der Waals surface area contributed by atoms with Gasteiger partial charge in [-0.2, -0.15) is 5.26 Å². The van der Waals surface area contributed by atoms with Crippen LogP contribution in [-0.2, 0) is 11.3 Å². The van der Waals surface area contributed by atoms with Gasteiger partial charge in [-0.05, 0) is 54.1 Å². The van der Waals surface area contributed by atoms with Crippen molar-refractivity contribution in [3.8, 4) is 11.8 Å². The molecule has 31 heavy (non-hydrogen) atoms. The average molecular weight is 428 g/mol. The largest absolute Gasteiger partial charge is 0.508 e. The van der Waals surface area contributed by atoms with Crippen molar-refractivity contribution in [3.05, 3.63) is 101 Å². The number of halogens is 1. The molecule has 0 saturated carbocycles. The van der Waals surface area contributed by atoms with E-state index in [2.05, 4.69) is 9.88 Å². The number of nitrogens with one attached hydrogen (secondary N) is 1. The fourth-order valence-electron chi connectivity index (χ4n) is 3.40. The summed E-state index contributed by atoms with van der Waals surface area (Å²) in [5, 5.41) is 23.3. The minimum Gasteiger partial charge on any atom is -0.508 e. The number of nitrogens with zero attached hydrogens (tertiary/aromatic N) is 2. The van der Waals surface area contributed by atoms with Crippen LogP contribution in [0.25, 0.3) is 17.0 Å². The topological polar surface area (TPSA) is 78.0 Å². The summed E-state index contributed by atoms with van der Waals surface area (Å²) in [5.74, 6) is -0.415. The Morgan fingerprint density at radius 1 is 1.10 bits per heavy atom. The Kier molecular flexibility index (Phi) is 5.74. The lowest BCUT2D eigenvalue weighted by molar-refractivity contribution is -0.112. The number of carbonyl (C=O) groups is 1.